The lowest BCUT2D eigenvalue weighted by Gasteiger charge is -2.29. The molecule has 0 radical (unpaired) electrons. The zero-order valence-corrected chi connectivity index (χ0v) is 10.4. The molecule has 1 aromatic carbocycles. The first kappa shape index (κ1) is 12.8. The van der Waals surface area contributed by atoms with Crippen LogP contribution >= 0.6 is 0 Å². The normalized spacial score (nSPS) is 16.8. The summed E-state index contributed by atoms with van der Waals surface area (Å²) < 4.78 is 25.0. The van der Waals surface area contributed by atoms with E-state index in [9.17, 15) is 13.4 Å². The monoisotopic (exact) mass is 272 g/mol. The molecule has 0 aromatic heterocycles. The van der Waals surface area contributed by atoms with E-state index in [0.29, 0.717) is 24.6 Å². The molecule has 1 aliphatic heterocycles. The van der Waals surface area contributed by atoms with Gasteiger partial charge in [-0.05, 0) is 12.1 Å². The number of nitrogen functional groups attached to an aromatic ring is 1. The zero-order valence-electron chi connectivity index (χ0n) is 9.56. The molecule has 7 heteroatoms. The number of nitrogens with two attached hydrogens (primary N) is 1. The van der Waals surface area contributed by atoms with E-state index in [1.807, 2.05) is 0 Å². The smallest absolute Gasteiger partial charge is 0.337 e. The molecule has 0 spiro atoms. The van der Waals surface area contributed by atoms with E-state index >= 15 is 0 Å². The molecule has 0 amide bonds. The van der Waals surface area contributed by atoms with Crippen LogP contribution in [0.3, 0.4) is 0 Å². The lowest BCUT2D eigenvalue weighted by molar-refractivity contribution is 0.0698. The number of nitrogens with zero attached hydrogens (tertiary/aromatic N) is 1. The molecule has 1 saturated heterocycles. The number of benzene rings is 1. The highest BCUT2D eigenvalue weighted by molar-refractivity contribution is 7.85. The summed E-state index contributed by atoms with van der Waals surface area (Å²) in [6, 6.07) is 2.26. The van der Waals surface area contributed by atoms with Crippen LogP contribution in [0.4, 0.5) is 15.8 Å². The Hall–Kier alpha value is -1.63. The van der Waals surface area contributed by atoms with Gasteiger partial charge in [0.25, 0.3) is 0 Å². The summed E-state index contributed by atoms with van der Waals surface area (Å²) in [4.78, 5) is 12.6. The first-order valence-electron chi connectivity index (χ1n) is 5.41. The van der Waals surface area contributed by atoms with Crippen molar-refractivity contribution in [2.45, 2.75) is 0 Å². The van der Waals surface area contributed by atoms with Crippen molar-refractivity contribution in [3.8, 4) is 0 Å². The maximum Gasteiger partial charge on any atom is 0.337 e. The molecule has 1 aromatic rings. The van der Waals surface area contributed by atoms with Crippen molar-refractivity contribution in [3.05, 3.63) is 23.5 Å². The predicted molar refractivity (Wildman–Crippen MR) is 67.9 cm³/mol. The van der Waals surface area contributed by atoms with Gasteiger partial charge in [-0.1, -0.05) is 0 Å². The van der Waals surface area contributed by atoms with Crippen LogP contribution in [0.25, 0.3) is 0 Å². The van der Waals surface area contributed by atoms with Gasteiger partial charge in [-0.25, -0.2) is 9.18 Å². The van der Waals surface area contributed by atoms with Gasteiger partial charge in [-0.3, -0.25) is 4.21 Å². The Morgan fingerprint density at radius 1 is 1.39 bits per heavy atom. The summed E-state index contributed by atoms with van der Waals surface area (Å²) in [5.74, 6) is -0.808. The minimum Gasteiger partial charge on any atom is -0.478 e. The van der Waals surface area contributed by atoms with Crippen molar-refractivity contribution in [1.82, 2.24) is 0 Å². The van der Waals surface area contributed by atoms with Crippen molar-refractivity contribution in [2.24, 2.45) is 0 Å². The van der Waals surface area contributed by atoms with Crippen LogP contribution in [0.5, 0.6) is 0 Å². The number of hydrogen-bond donors (Lipinski definition) is 2. The van der Waals surface area contributed by atoms with Crippen LogP contribution in [0.1, 0.15) is 10.4 Å². The maximum atomic E-state index is 13.8. The highest BCUT2D eigenvalue weighted by Gasteiger charge is 2.21. The van der Waals surface area contributed by atoms with Gasteiger partial charge in [-0.15, -0.1) is 0 Å². The van der Waals surface area contributed by atoms with Gasteiger partial charge in [-0.2, -0.15) is 0 Å². The molecule has 5 nitrogen and oxygen atoms in total. The predicted octanol–water partition coefficient (Wildman–Crippen LogP) is 0.675. The highest BCUT2D eigenvalue weighted by atomic mass is 32.2. The lowest BCUT2D eigenvalue weighted by Crippen LogP contribution is -2.38. The van der Waals surface area contributed by atoms with E-state index in [-0.39, 0.29) is 16.9 Å². The number of carboxylic acids is 1. The van der Waals surface area contributed by atoms with E-state index < -0.39 is 22.6 Å². The average molecular weight is 272 g/mol. The largest absolute Gasteiger partial charge is 0.478 e. The van der Waals surface area contributed by atoms with Crippen LogP contribution in [0.15, 0.2) is 12.1 Å². The topological polar surface area (TPSA) is 83.6 Å². The molecule has 0 unspecified atom stereocenters. The Balaban J connectivity index is 2.35. The van der Waals surface area contributed by atoms with Crippen molar-refractivity contribution in [3.63, 3.8) is 0 Å². The van der Waals surface area contributed by atoms with E-state index in [0.717, 1.165) is 6.07 Å². The Morgan fingerprint density at radius 2 is 2.00 bits per heavy atom. The molecule has 1 aliphatic rings. The summed E-state index contributed by atoms with van der Waals surface area (Å²) in [7, 11) is -0.865. The number of rotatable bonds is 2. The second kappa shape index (κ2) is 4.93. The Labute approximate surface area is 106 Å². The van der Waals surface area contributed by atoms with Gasteiger partial charge < -0.3 is 15.7 Å². The van der Waals surface area contributed by atoms with E-state index in [1.165, 1.54) is 6.07 Å². The van der Waals surface area contributed by atoms with Crippen LogP contribution in [0, 0.1) is 5.82 Å². The van der Waals surface area contributed by atoms with Gasteiger partial charge in [0.1, 0.15) is 5.82 Å². The standard InChI is InChI=1S/C11H13FN2O3S/c12-8-6-9(13)7(11(15)16)5-10(8)14-1-3-18(17)4-2-14/h5-6H,1-4,13H2,(H,15,16). The minimum absolute atomic E-state index is 0.0932. The molecule has 0 aliphatic carbocycles. The zero-order chi connectivity index (χ0) is 13.3. The molecule has 1 heterocycles. The van der Waals surface area contributed by atoms with E-state index in [4.69, 9.17) is 10.8 Å². The molecule has 0 atom stereocenters. The SMILES string of the molecule is Nc1cc(F)c(N2CCS(=O)CC2)cc1C(=O)O. The molecule has 3 N–H and O–H groups in total. The average Bonchev–Trinajstić information content (AvgIpc) is 2.30. The maximum absolute atomic E-state index is 13.8. The first-order chi connectivity index (χ1) is 8.49. The summed E-state index contributed by atoms with van der Waals surface area (Å²) >= 11 is 0. The van der Waals surface area contributed by atoms with Crippen LogP contribution in [-0.2, 0) is 10.8 Å². The van der Waals surface area contributed by atoms with Crippen molar-refractivity contribution in [2.75, 3.05) is 35.2 Å². The fraction of sp³-hybridized carbons (Fsp3) is 0.364. The Kier molecular flexibility index (Phi) is 3.51. The third kappa shape index (κ3) is 2.45. The van der Waals surface area contributed by atoms with Gasteiger partial charge in [0.05, 0.1) is 11.3 Å². The van der Waals surface area contributed by atoms with Gasteiger partial charge in [0.15, 0.2) is 0 Å². The fourth-order valence-corrected chi connectivity index (χ4v) is 2.94. The van der Waals surface area contributed by atoms with Gasteiger partial charge in [0, 0.05) is 41.1 Å². The number of aromatic carboxylic acids is 1. The summed E-state index contributed by atoms with van der Waals surface area (Å²) in [5.41, 5.74) is 5.46. The first-order valence-corrected chi connectivity index (χ1v) is 6.90. The quantitative estimate of drug-likeness (QED) is 0.773. The third-order valence-corrected chi connectivity index (χ3v) is 4.14. The number of hydrogen-bond acceptors (Lipinski definition) is 4. The second-order valence-corrected chi connectivity index (χ2v) is 5.73. The van der Waals surface area contributed by atoms with Crippen LogP contribution in [-0.4, -0.2) is 39.9 Å². The molecule has 0 saturated carbocycles. The van der Waals surface area contributed by atoms with Gasteiger partial charge in [0.2, 0.25) is 0 Å². The second-order valence-electron chi connectivity index (χ2n) is 4.03. The minimum atomic E-state index is -1.19. The summed E-state index contributed by atoms with van der Waals surface area (Å²) in [5, 5.41) is 8.95. The number of carbonyl (C=O) groups is 1. The lowest BCUT2D eigenvalue weighted by atomic mass is 10.1. The third-order valence-electron chi connectivity index (χ3n) is 2.87. The van der Waals surface area contributed by atoms with Gasteiger partial charge >= 0.3 is 5.97 Å². The van der Waals surface area contributed by atoms with Crippen molar-refractivity contribution in [1.29, 1.82) is 0 Å². The molecular formula is C11H13FN2O3S. The van der Waals surface area contributed by atoms with Crippen LogP contribution < -0.4 is 10.6 Å². The van der Waals surface area contributed by atoms with E-state index in [2.05, 4.69) is 0 Å². The summed E-state index contributed by atoms with van der Waals surface area (Å²) in [6.07, 6.45) is 0. The Morgan fingerprint density at radius 3 is 2.56 bits per heavy atom. The van der Waals surface area contributed by atoms with Crippen molar-refractivity contribution < 1.29 is 18.5 Å². The molecular weight excluding hydrogens is 259 g/mol. The Bertz CT molecular complexity index is 511. The molecule has 98 valence electrons. The number of carboxylic acid groups (broad SMARTS) is 1. The van der Waals surface area contributed by atoms with Crippen molar-refractivity contribution >= 4 is 28.1 Å². The number of halogens is 1. The fourth-order valence-electron chi connectivity index (χ4n) is 1.88. The molecule has 1 fully saturated rings. The molecule has 18 heavy (non-hydrogen) atoms. The number of anilines is 2. The van der Waals surface area contributed by atoms with E-state index in [1.54, 1.807) is 4.90 Å². The molecule has 2 rings (SSSR count). The summed E-state index contributed by atoms with van der Waals surface area (Å²) in [6.45, 7) is 0.902. The highest BCUT2D eigenvalue weighted by Crippen LogP contribution is 2.26. The molecule has 0 bridgehead atoms. The van der Waals surface area contributed by atoms with Crippen LogP contribution in [0.2, 0.25) is 0 Å².